The van der Waals surface area contributed by atoms with Crippen LogP contribution in [0, 0.1) is 0 Å². The number of methoxy groups -OCH3 is 1. The Bertz CT molecular complexity index is 1060. The zero-order valence-corrected chi connectivity index (χ0v) is 17.8. The Kier molecular flexibility index (Phi) is 4.13. The predicted octanol–water partition coefficient (Wildman–Crippen LogP) is 4.04. The summed E-state index contributed by atoms with van der Waals surface area (Å²) in [7, 11) is 3.81. The van der Waals surface area contributed by atoms with E-state index < -0.39 is 5.60 Å². The number of halogens is 1. The maximum Gasteiger partial charge on any atom is 0.119 e. The van der Waals surface area contributed by atoms with Crippen molar-refractivity contribution in [3.63, 3.8) is 0 Å². The number of hydrogen-bond donors (Lipinski definition) is 2. The molecule has 1 saturated heterocycles. The molecule has 0 unspecified atom stereocenters. The van der Waals surface area contributed by atoms with Crippen LogP contribution in [0.1, 0.15) is 23.2 Å². The molecule has 2 aliphatic rings. The fourth-order valence-corrected chi connectivity index (χ4v) is 5.79. The van der Waals surface area contributed by atoms with E-state index in [1.54, 1.807) is 7.11 Å². The zero-order valence-electron chi connectivity index (χ0n) is 16.3. The molecule has 0 saturated carbocycles. The number of aromatic nitrogens is 1. The highest BCUT2D eigenvalue weighted by Crippen LogP contribution is 2.51. The molecule has 1 aromatic heterocycles. The summed E-state index contributed by atoms with van der Waals surface area (Å²) in [6.07, 6.45) is 2.39. The normalized spacial score (nSPS) is 27.4. The number of ether oxygens (including phenoxy) is 1. The summed E-state index contributed by atoms with van der Waals surface area (Å²) in [6, 6.07) is 14.6. The number of aliphatic hydroxyl groups is 1. The Balaban J connectivity index is 1.72. The van der Waals surface area contributed by atoms with Gasteiger partial charge in [-0.2, -0.15) is 0 Å². The van der Waals surface area contributed by atoms with E-state index in [4.69, 9.17) is 4.74 Å². The van der Waals surface area contributed by atoms with Crippen molar-refractivity contribution in [3.05, 3.63) is 63.8 Å². The number of rotatable bonds is 2. The van der Waals surface area contributed by atoms with Crippen LogP contribution < -0.4 is 4.74 Å². The Morgan fingerprint density at radius 2 is 2.04 bits per heavy atom. The number of hydrogen-bond acceptors (Lipinski definition) is 3. The molecule has 0 amide bonds. The number of nitrogens with zero attached hydrogens (tertiary/aromatic N) is 1. The molecule has 5 rings (SSSR count). The highest BCUT2D eigenvalue weighted by Gasteiger charge is 2.57. The number of β-amino-alcohol motifs (C(OH)–C–C–N with tert-alkyl or cyclic N) is 1. The van der Waals surface area contributed by atoms with Gasteiger partial charge < -0.3 is 19.7 Å². The number of aromatic amines is 1. The molecule has 2 atom stereocenters. The predicted molar refractivity (Wildman–Crippen MR) is 115 cm³/mol. The van der Waals surface area contributed by atoms with Crippen molar-refractivity contribution in [3.8, 4) is 5.75 Å². The summed E-state index contributed by atoms with van der Waals surface area (Å²) in [5, 5.41) is 13.3. The van der Waals surface area contributed by atoms with Gasteiger partial charge in [-0.05, 0) is 61.5 Å². The van der Waals surface area contributed by atoms with Gasteiger partial charge in [0.2, 0.25) is 0 Å². The second kappa shape index (κ2) is 6.34. The molecule has 0 bridgehead atoms. The maximum atomic E-state index is 12.1. The quantitative estimate of drug-likeness (QED) is 0.631. The summed E-state index contributed by atoms with van der Waals surface area (Å²) in [6.45, 7) is 1.64. The van der Waals surface area contributed by atoms with Crippen molar-refractivity contribution in [2.75, 3.05) is 27.2 Å². The molecule has 146 valence electrons. The first-order valence-electron chi connectivity index (χ1n) is 9.79. The molecule has 0 radical (unpaired) electrons. The number of benzene rings is 2. The van der Waals surface area contributed by atoms with Crippen LogP contribution in [0.5, 0.6) is 5.75 Å². The zero-order chi connectivity index (χ0) is 19.5. The van der Waals surface area contributed by atoms with Crippen molar-refractivity contribution in [1.29, 1.82) is 0 Å². The Labute approximate surface area is 173 Å². The topological polar surface area (TPSA) is 48.5 Å². The smallest absolute Gasteiger partial charge is 0.119 e. The number of piperidine rings is 1. The summed E-state index contributed by atoms with van der Waals surface area (Å²) < 4.78 is 6.57. The van der Waals surface area contributed by atoms with Crippen LogP contribution in [-0.4, -0.2) is 47.8 Å². The van der Waals surface area contributed by atoms with Gasteiger partial charge in [-0.15, -0.1) is 0 Å². The molecule has 5 heteroatoms. The van der Waals surface area contributed by atoms with Crippen LogP contribution in [-0.2, 0) is 18.3 Å². The van der Waals surface area contributed by atoms with Gasteiger partial charge in [-0.25, -0.2) is 0 Å². The van der Waals surface area contributed by atoms with E-state index in [2.05, 4.69) is 63.2 Å². The van der Waals surface area contributed by atoms with Crippen LogP contribution in [0.3, 0.4) is 0 Å². The molecule has 2 aromatic carbocycles. The number of nitrogens with one attached hydrogen (secondary N) is 1. The SMILES string of the molecule is COc1cccc([C@@]23CCN(C)C[C@@]2(O)Cc2c([nH]c4ccc(Br)cc24)C3)c1. The van der Waals surface area contributed by atoms with Crippen molar-refractivity contribution >= 4 is 26.8 Å². The molecule has 4 nitrogen and oxygen atoms in total. The Morgan fingerprint density at radius 3 is 2.86 bits per heavy atom. The van der Waals surface area contributed by atoms with Gasteiger partial charge in [0, 0.05) is 45.9 Å². The van der Waals surface area contributed by atoms with Gasteiger partial charge in [0.15, 0.2) is 0 Å². The van der Waals surface area contributed by atoms with Crippen LogP contribution in [0.15, 0.2) is 46.9 Å². The molecular formula is C23H25BrN2O2. The maximum absolute atomic E-state index is 12.1. The third kappa shape index (κ3) is 2.56. The molecule has 2 N–H and O–H groups in total. The lowest BCUT2D eigenvalue weighted by Crippen LogP contribution is -2.65. The van der Waals surface area contributed by atoms with E-state index in [1.165, 1.54) is 22.2 Å². The highest BCUT2D eigenvalue weighted by molar-refractivity contribution is 9.10. The van der Waals surface area contributed by atoms with Gasteiger partial charge in [0.05, 0.1) is 12.7 Å². The van der Waals surface area contributed by atoms with Crippen molar-refractivity contribution in [1.82, 2.24) is 9.88 Å². The highest BCUT2D eigenvalue weighted by atomic mass is 79.9. The van der Waals surface area contributed by atoms with Gasteiger partial charge in [-0.3, -0.25) is 0 Å². The molecular weight excluding hydrogens is 416 g/mol. The largest absolute Gasteiger partial charge is 0.497 e. The van der Waals surface area contributed by atoms with Crippen molar-refractivity contribution in [2.24, 2.45) is 0 Å². The standard InChI is InChI=1S/C23H25BrN2O2/c1-26-9-8-22(15-4-3-5-17(10-15)28-2)13-21-19(12-23(22,27)14-26)18-11-16(24)6-7-20(18)25-21/h3-7,10-11,25,27H,8-9,12-14H2,1-2H3/t22-,23-/m0/s1. The summed E-state index contributed by atoms with van der Waals surface area (Å²) in [5.41, 5.74) is 3.69. The lowest BCUT2D eigenvalue weighted by atomic mass is 9.56. The summed E-state index contributed by atoms with van der Waals surface area (Å²) >= 11 is 3.60. The number of likely N-dealkylation sites (tertiary alicyclic amines) is 1. The third-order valence-electron chi connectivity index (χ3n) is 6.87. The van der Waals surface area contributed by atoms with Gasteiger partial charge in [0.25, 0.3) is 0 Å². The molecule has 0 spiro atoms. The molecule has 2 heterocycles. The van der Waals surface area contributed by atoms with E-state index in [-0.39, 0.29) is 5.41 Å². The molecule has 28 heavy (non-hydrogen) atoms. The van der Waals surface area contributed by atoms with Crippen LogP contribution in [0.4, 0.5) is 0 Å². The number of H-pyrrole nitrogens is 1. The van der Waals surface area contributed by atoms with Crippen molar-refractivity contribution in [2.45, 2.75) is 30.3 Å². The first-order valence-corrected chi connectivity index (χ1v) is 10.6. The first kappa shape index (κ1) is 18.2. The minimum absolute atomic E-state index is 0.320. The minimum atomic E-state index is -0.823. The van der Waals surface area contributed by atoms with Crippen LogP contribution >= 0.6 is 15.9 Å². The molecule has 1 fully saturated rings. The fraction of sp³-hybridized carbons (Fsp3) is 0.391. The number of fused-ring (bicyclic) bond motifs is 4. The van der Waals surface area contributed by atoms with Crippen LogP contribution in [0.25, 0.3) is 10.9 Å². The fourth-order valence-electron chi connectivity index (χ4n) is 5.43. The summed E-state index contributed by atoms with van der Waals surface area (Å²) in [5.74, 6) is 0.847. The second-order valence-electron chi connectivity index (χ2n) is 8.46. The molecule has 3 aromatic rings. The Hall–Kier alpha value is -1.82. The first-order chi connectivity index (χ1) is 13.4. The van der Waals surface area contributed by atoms with Crippen molar-refractivity contribution < 1.29 is 9.84 Å². The average Bonchev–Trinajstić information content (AvgIpc) is 3.01. The van der Waals surface area contributed by atoms with Gasteiger partial charge in [0.1, 0.15) is 5.75 Å². The number of likely N-dealkylation sites (N-methyl/N-ethyl adjacent to an activating group) is 1. The monoisotopic (exact) mass is 440 g/mol. The molecule has 1 aliphatic carbocycles. The van der Waals surface area contributed by atoms with E-state index in [0.29, 0.717) is 13.0 Å². The van der Waals surface area contributed by atoms with Gasteiger partial charge in [-0.1, -0.05) is 28.1 Å². The van der Waals surface area contributed by atoms with E-state index in [9.17, 15) is 5.11 Å². The summed E-state index contributed by atoms with van der Waals surface area (Å²) in [4.78, 5) is 5.91. The lowest BCUT2D eigenvalue weighted by molar-refractivity contribution is -0.0972. The Morgan fingerprint density at radius 1 is 1.18 bits per heavy atom. The minimum Gasteiger partial charge on any atom is -0.497 e. The van der Waals surface area contributed by atoms with E-state index >= 15 is 0 Å². The average molecular weight is 441 g/mol. The second-order valence-corrected chi connectivity index (χ2v) is 9.37. The molecule has 1 aliphatic heterocycles. The van der Waals surface area contributed by atoms with Gasteiger partial charge >= 0.3 is 0 Å². The third-order valence-corrected chi connectivity index (χ3v) is 7.36. The van der Waals surface area contributed by atoms with E-state index in [0.717, 1.165) is 35.1 Å². The van der Waals surface area contributed by atoms with E-state index in [1.807, 2.05) is 12.1 Å². The lowest BCUT2D eigenvalue weighted by Gasteiger charge is -2.56. The van der Waals surface area contributed by atoms with Crippen LogP contribution in [0.2, 0.25) is 0 Å².